The minimum atomic E-state index is -0.625. The Kier molecular flexibility index (Phi) is 7.41. The summed E-state index contributed by atoms with van der Waals surface area (Å²) in [6.45, 7) is 3.06. The number of halogens is 2. The molecule has 1 aliphatic carbocycles. The number of aryl methyl sites for hydroxylation is 1. The van der Waals surface area contributed by atoms with Gasteiger partial charge in [0.25, 0.3) is 0 Å². The van der Waals surface area contributed by atoms with Crippen LogP contribution in [0.4, 0.5) is 4.39 Å². The minimum absolute atomic E-state index is 0.00967. The van der Waals surface area contributed by atoms with Gasteiger partial charge in [-0.05, 0) is 62.4 Å². The molecular formula is C29H31BrFNO5. The van der Waals surface area contributed by atoms with E-state index >= 15 is 0 Å². The fourth-order valence-corrected chi connectivity index (χ4v) is 6.07. The summed E-state index contributed by atoms with van der Waals surface area (Å²) in [6, 6.07) is 10.00. The van der Waals surface area contributed by atoms with E-state index in [2.05, 4.69) is 15.9 Å². The maximum atomic E-state index is 14.1. The number of nitrogens with zero attached hydrogens (tertiary/aromatic N) is 1. The summed E-state index contributed by atoms with van der Waals surface area (Å²) in [4.78, 5) is 27.6. The number of amides is 1. The molecule has 8 heteroatoms. The molecule has 1 N–H and O–H groups in total. The van der Waals surface area contributed by atoms with Crippen LogP contribution in [0.25, 0.3) is 11.0 Å². The van der Waals surface area contributed by atoms with Gasteiger partial charge in [0.15, 0.2) is 0 Å². The van der Waals surface area contributed by atoms with Crippen molar-refractivity contribution in [1.29, 1.82) is 0 Å². The molecule has 1 saturated carbocycles. The summed E-state index contributed by atoms with van der Waals surface area (Å²) in [7, 11) is 0. The summed E-state index contributed by atoms with van der Waals surface area (Å²) >= 11 is 3.24. The lowest BCUT2D eigenvalue weighted by Crippen LogP contribution is -2.54. The third kappa shape index (κ3) is 5.46. The predicted octanol–water partition coefficient (Wildman–Crippen LogP) is 5.67. The molecule has 0 spiro atoms. The highest BCUT2D eigenvalue weighted by atomic mass is 79.9. The van der Waals surface area contributed by atoms with Gasteiger partial charge in [0, 0.05) is 52.5 Å². The van der Waals surface area contributed by atoms with Gasteiger partial charge in [-0.2, -0.15) is 0 Å². The van der Waals surface area contributed by atoms with E-state index in [1.807, 2.05) is 17.9 Å². The number of ether oxygens (including phenoxy) is 1. The molecule has 0 radical (unpaired) electrons. The standard InChI is InChI=1S/C29H31BrFNO5/c1-18-23-8-7-22(36-17-19-5-6-21(30)14-25(19)31)15-26(23)37-28(34)24(18)9-10-27(33)32-13-12-29(35)11-3-2-4-20(29)16-32/h5-8,14-15,20,35H,2-4,9-13,16-17H2,1H3/t20-,29-/m1/s1. The Morgan fingerprint density at radius 1 is 1.24 bits per heavy atom. The lowest BCUT2D eigenvalue weighted by Gasteiger charge is -2.47. The zero-order valence-electron chi connectivity index (χ0n) is 20.9. The van der Waals surface area contributed by atoms with Crippen molar-refractivity contribution in [3.63, 3.8) is 0 Å². The molecule has 37 heavy (non-hydrogen) atoms. The molecule has 1 aliphatic heterocycles. The average Bonchev–Trinajstić information content (AvgIpc) is 2.87. The highest BCUT2D eigenvalue weighted by Crippen LogP contribution is 2.40. The van der Waals surface area contributed by atoms with Crippen LogP contribution in [0.15, 0.2) is 50.1 Å². The van der Waals surface area contributed by atoms with E-state index in [-0.39, 0.29) is 30.7 Å². The van der Waals surface area contributed by atoms with Crippen molar-refractivity contribution in [2.75, 3.05) is 13.1 Å². The molecule has 5 rings (SSSR count). The van der Waals surface area contributed by atoms with E-state index in [1.165, 1.54) is 6.07 Å². The Hall–Kier alpha value is -2.71. The monoisotopic (exact) mass is 571 g/mol. The smallest absolute Gasteiger partial charge is 0.339 e. The van der Waals surface area contributed by atoms with E-state index in [9.17, 15) is 19.1 Å². The molecular weight excluding hydrogens is 541 g/mol. The quantitative estimate of drug-likeness (QED) is 0.386. The van der Waals surface area contributed by atoms with Crippen molar-refractivity contribution in [3.8, 4) is 5.75 Å². The highest BCUT2D eigenvalue weighted by molar-refractivity contribution is 9.10. The lowest BCUT2D eigenvalue weighted by atomic mass is 9.71. The predicted molar refractivity (Wildman–Crippen MR) is 142 cm³/mol. The molecule has 3 aromatic rings. The fourth-order valence-electron chi connectivity index (χ4n) is 5.74. The van der Waals surface area contributed by atoms with Crippen molar-refractivity contribution < 1.29 is 23.4 Å². The Morgan fingerprint density at radius 2 is 2.08 bits per heavy atom. The second-order valence-electron chi connectivity index (χ2n) is 10.3. The van der Waals surface area contributed by atoms with Gasteiger partial charge in [0.2, 0.25) is 5.91 Å². The van der Waals surface area contributed by atoms with Gasteiger partial charge in [-0.15, -0.1) is 0 Å². The first-order chi connectivity index (χ1) is 17.7. The van der Waals surface area contributed by atoms with E-state index < -0.39 is 11.2 Å². The van der Waals surface area contributed by atoms with Crippen LogP contribution in [-0.2, 0) is 17.8 Å². The number of hydrogen-bond acceptors (Lipinski definition) is 5. The highest BCUT2D eigenvalue weighted by Gasteiger charge is 2.43. The van der Waals surface area contributed by atoms with Crippen LogP contribution in [0.1, 0.15) is 55.2 Å². The largest absolute Gasteiger partial charge is 0.489 e. The van der Waals surface area contributed by atoms with Crippen LogP contribution >= 0.6 is 15.9 Å². The number of carbonyl (C=O) groups is 1. The Labute approximate surface area is 223 Å². The van der Waals surface area contributed by atoms with E-state index in [4.69, 9.17) is 9.15 Å². The van der Waals surface area contributed by atoms with Crippen molar-refractivity contribution in [2.45, 2.75) is 64.1 Å². The normalized spacial score (nSPS) is 21.6. The third-order valence-electron chi connectivity index (χ3n) is 8.04. The van der Waals surface area contributed by atoms with Crippen molar-refractivity contribution >= 4 is 32.8 Å². The minimum Gasteiger partial charge on any atom is -0.489 e. The first-order valence-electron chi connectivity index (χ1n) is 12.9. The Morgan fingerprint density at radius 3 is 2.89 bits per heavy atom. The maximum absolute atomic E-state index is 14.1. The molecule has 6 nitrogen and oxygen atoms in total. The van der Waals surface area contributed by atoms with Crippen LogP contribution in [0.2, 0.25) is 0 Å². The fraction of sp³-hybridized carbons (Fsp3) is 0.448. The van der Waals surface area contributed by atoms with E-state index in [0.29, 0.717) is 52.9 Å². The number of fused-ring (bicyclic) bond motifs is 2. The third-order valence-corrected chi connectivity index (χ3v) is 8.53. The number of rotatable bonds is 6. The number of piperidine rings is 1. The Bertz CT molecular complexity index is 1390. The SMILES string of the molecule is Cc1c(CCC(=O)N2CC[C@]3(O)CCCC[C@@H]3C2)c(=O)oc2cc(OCc3ccc(Br)cc3F)ccc12. The second kappa shape index (κ2) is 10.6. The molecule has 0 bridgehead atoms. The van der Waals surface area contributed by atoms with Gasteiger partial charge in [0.05, 0.1) is 5.60 Å². The van der Waals surface area contributed by atoms with Gasteiger partial charge in [0.1, 0.15) is 23.8 Å². The van der Waals surface area contributed by atoms with Gasteiger partial charge < -0.3 is 19.2 Å². The van der Waals surface area contributed by atoms with E-state index in [1.54, 1.807) is 24.3 Å². The molecule has 2 atom stereocenters. The first kappa shape index (κ1) is 25.9. The summed E-state index contributed by atoms with van der Waals surface area (Å²) < 4.78 is 26.1. The summed E-state index contributed by atoms with van der Waals surface area (Å²) in [6.07, 6.45) is 5.08. The topological polar surface area (TPSA) is 80.0 Å². The molecule has 2 heterocycles. The number of carbonyl (C=O) groups excluding carboxylic acids is 1. The summed E-state index contributed by atoms with van der Waals surface area (Å²) in [5, 5.41) is 11.7. The summed E-state index contributed by atoms with van der Waals surface area (Å²) in [5.41, 5.74) is 0.999. The molecule has 196 valence electrons. The zero-order valence-corrected chi connectivity index (χ0v) is 22.5. The molecule has 1 amide bonds. The van der Waals surface area contributed by atoms with Crippen LogP contribution in [0, 0.1) is 18.7 Å². The van der Waals surface area contributed by atoms with Crippen LogP contribution < -0.4 is 10.4 Å². The molecule has 1 aromatic heterocycles. The number of hydrogen-bond donors (Lipinski definition) is 1. The summed E-state index contributed by atoms with van der Waals surface area (Å²) in [5.74, 6) is 0.252. The number of aliphatic hydroxyl groups is 1. The van der Waals surface area contributed by atoms with Gasteiger partial charge in [-0.3, -0.25) is 4.79 Å². The van der Waals surface area contributed by atoms with E-state index in [0.717, 1.165) is 36.6 Å². The lowest BCUT2D eigenvalue weighted by molar-refractivity contribution is -0.143. The number of likely N-dealkylation sites (tertiary alicyclic amines) is 1. The van der Waals surface area contributed by atoms with Gasteiger partial charge in [-0.25, -0.2) is 9.18 Å². The molecule has 2 aliphatic rings. The first-order valence-corrected chi connectivity index (χ1v) is 13.7. The Balaban J connectivity index is 1.25. The molecule has 2 fully saturated rings. The molecule has 1 saturated heterocycles. The molecule has 2 aromatic carbocycles. The van der Waals surface area contributed by atoms with Crippen molar-refractivity contribution in [3.05, 3.63) is 73.8 Å². The second-order valence-corrected chi connectivity index (χ2v) is 11.2. The molecule has 0 unspecified atom stereocenters. The van der Waals surface area contributed by atoms with Crippen LogP contribution in [-0.4, -0.2) is 34.6 Å². The van der Waals surface area contributed by atoms with Crippen LogP contribution in [0.3, 0.4) is 0 Å². The zero-order chi connectivity index (χ0) is 26.2. The van der Waals surface area contributed by atoms with Crippen molar-refractivity contribution in [1.82, 2.24) is 4.90 Å². The number of benzene rings is 2. The maximum Gasteiger partial charge on any atom is 0.339 e. The van der Waals surface area contributed by atoms with Crippen LogP contribution in [0.5, 0.6) is 5.75 Å². The van der Waals surface area contributed by atoms with Gasteiger partial charge >= 0.3 is 5.63 Å². The average molecular weight is 572 g/mol. The van der Waals surface area contributed by atoms with Crippen molar-refractivity contribution in [2.24, 2.45) is 5.92 Å². The van der Waals surface area contributed by atoms with Gasteiger partial charge in [-0.1, -0.05) is 34.8 Å².